The summed E-state index contributed by atoms with van der Waals surface area (Å²) in [6.45, 7) is 0. The molecule has 0 aliphatic heterocycles. The van der Waals surface area contributed by atoms with E-state index in [9.17, 15) is 0 Å². The van der Waals surface area contributed by atoms with Crippen molar-refractivity contribution in [1.29, 1.82) is 0 Å². The number of thiazole rings is 1. The molecule has 0 bridgehead atoms. The summed E-state index contributed by atoms with van der Waals surface area (Å²) in [7, 11) is 0. The van der Waals surface area contributed by atoms with Crippen LogP contribution in [0.25, 0.3) is 21.3 Å². The Labute approximate surface area is 115 Å². The van der Waals surface area contributed by atoms with Crippen LogP contribution in [-0.4, -0.2) is 4.98 Å². The Kier molecular flexibility index (Phi) is 2.28. The van der Waals surface area contributed by atoms with E-state index in [4.69, 9.17) is 10.7 Å². The first-order chi connectivity index (χ1) is 9.24. The van der Waals surface area contributed by atoms with E-state index in [0.717, 1.165) is 23.5 Å². The Bertz CT molecular complexity index is 756. The van der Waals surface area contributed by atoms with Crippen molar-refractivity contribution in [2.45, 2.75) is 18.4 Å². The van der Waals surface area contributed by atoms with Gasteiger partial charge in [-0.15, -0.1) is 11.3 Å². The summed E-state index contributed by atoms with van der Waals surface area (Å²) >= 11 is 1.69. The second kappa shape index (κ2) is 3.89. The summed E-state index contributed by atoms with van der Waals surface area (Å²) in [5.74, 6) is 0. The van der Waals surface area contributed by atoms with Gasteiger partial charge in [-0.1, -0.05) is 36.4 Å². The van der Waals surface area contributed by atoms with E-state index in [1.807, 2.05) is 0 Å². The first kappa shape index (κ1) is 11.1. The van der Waals surface area contributed by atoms with Gasteiger partial charge in [0.05, 0.1) is 11.2 Å². The summed E-state index contributed by atoms with van der Waals surface area (Å²) in [6, 6.07) is 14.9. The Balaban J connectivity index is 1.79. The molecule has 2 N–H and O–H groups in total. The van der Waals surface area contributed by atoms with Gasteiger partial charge in [0, 0.05) is 10.9 Å². The zero-order valence-electron chi connectivity index (χ0n) is 10.5. The van der Waals surface area contributed by atoms with Crippen LogP contribution in [0.2, 0.25) is 0 Å². The smallest absolute Gasteiger partial charge is 0.123 e. The van der Waals surface area contributed by atoms with E-state index in [2.05, 4.69) is 47.8 Å². The van der Waals surface area contributed by atoms with E-state index >= 15 is 0 Å². The molecular formula is C16H14N2S. The van der Waals surface area contributed by atoms with Crippen molar-refractivity contribution < 1.29 is 0 Å². The van der Waals surface area contributed by atoms with Crippen LogP contribution < -0.4 is 5.73 Å². The van der Waals surface area contributed by atoms with Crippen molar-refractivity contribution in [1.82, 2.24) is 4.98 Å². The molecule has 0 amide bonds. The quantitative estimate of drug-likeness (QED) is 0.763. The molecule has 0 unspecified atom stereocenters. The van der Waals surface area contributed by atoms with Crippen LogP contribution >= 0.6 is 11.3 Å². The molecule has 1 heterocycles. The van der Waals surface area contributed by atoms with Gasteiger partial charge in [0.15, 0.2) is 0 Å². The molecule has 4 rings (SSSR count). The van der Waals surface area contributed by atoms with Crippen molar-refractivity contribution in [3.8, 4) is 10.6 Å². The number of rotatable bonds is 2. The number of hydrogen-bond donors (Lipinski definition) is 1. The molecule has 1 aliphatic rings. The van der Waals surface area contributed by atoms with E-state index in [-0.39, 0.29) is 5.54 Å². The van der Waals surface area contributed by atoms with Crippen LogP contribution in [0.4, 0.5) is 0 Å². The van der Waals surface area contributed by atoms with Crippen molar-refractivity contribution in [2.75, 3.05) is 0 Å². The molecule has 0 spiro atoms. The van der Waals surface area contributed by atoms with Crippen LogP contribution in [0, 0.1) is 0 Å². The van der Waals surface area contributed by atoms with Gasteiger partial charge in [0.2, 0.25) is 0 Å². The molecule has 0 saturated heterocycles. The second-order valence-corrected chi connectivity index (χ2v) is 6.11. The Morgan fingerprint density at radius 3 is 2.63 bits per heavy atom. The van der Waals surface area contributed by atoms with Crippen molar-refractivity contribution in [3.05, 3.63) is 53.5 Å². The number of fused-ring (bicyclic) bond motifs is 1. The SMILES string of the molecule is NC1(c2csc(-c3ccc4ccccc4c3)n2)CC1. The predicted octanol–water partition coefficient (Wildman–Crippen LogP) is 3.91. The third-order valence-corrected chi connectivity index (χ3v) is 4.69. The Morgan fingerprint density at radius 1 is 1.05 bits per heavy atom. The highest BCUT2D eigenvalue weighted by Gasteiger charge is 2.42. The molecule has 1 aliphatic carbocycles. The van der Waals surface area contributed by atoms with E-state index in [1.54, 1.807) is 11.3 Å². The minimum absolute atomic E-state index is 0.133. The van der Waals surface area contributed by atoms with Gasteiger partial charge in [0.1, 0.15) is 5.01 Å². The Hall–Kier alpha value is -1.71. The second-order valence-electron chi connectivity index (χ2n) is 5.26. The van der Waals surface area contributed by atoms with Crippen LogP contribution in [0.15, 0.2) is 47.8 Å². The average Bonchev–Trinajstić information content (AvgIpc) is 3.02. The fraction of sp³-hybridized carbons (Fsp3) is 0.188. The minimum atomic E-state index is -0.133. The summed E-state index contributed by atoms with van der Waals surface area (Å²) < 4.78 is 0. The van der Waals surface area contributed by atoms with Crippen molar-refractivity contribution in [3.63, 3.8) is 0 Å². The van der Waals surface area contributed by atoms with Crippen molar-refractivity contribution in [2.24, 2.45) is 5.73 Å². The summed E-state index contributed by atoms with van der Waals surface area (Å²) in [6.07, 6.45) is 2.13. The summed E-state index contributed by atoms with van der Waals surface area (Å²) in [5.41, 5.74) is 8.30. The average molecular weight is 266 g/mol. The van der Waals surface area contributed by atoms with Crippen LogP contribution in [0.5, 0.6) is 0 Å². The maximum atomic E-state index is 6.19. The van der Waals surface area contributed by atoms with Gasteiger partial charge in [-0.3, -0.25) is 0 Å². The van der Waals surface area contributed by atoms with E-state index < -0.39 is 0 Å². The largest absolute Gasteiger partial charge is 0.320 e. The maximum Gasteiger partial charge on any atom is 0.123 e. The molecule has 19 heavy (non-hydrogen) atoms. The zero-order valence-corrected chi connectivity index (χ0v) is 11.3. The number of nitrogens with two attached hydrogens (primary N) is 1. The highest BCUT2D eigenvalue weighted by atomic mass is 32.1. The summed E-state index contributed by atoms with van der Waals surface area (Å²) in [5, 5.41) is 5.70. The zero-order chi connectivity index (χ0) is 12.9. The van der Waals surface area contributed by atoms with Gasteiger partial charge >= 0.3 is 0 Å². The maximum absolute atomic E-state index is 6.19. The number of nitrogens with zero attached hydrogens (tertiary/aromatic N) is 1. The lowest BCUT2D eigenvalue weighted by Gasteiger charge is -2.03. The molecule has 1 fully saturated rings. The lowest BCUT2D eigenvalue weighted by Crippen LogP contribution is -2.18. The predicted molar refractivity (Wildman–Crippen MR) is 80.2 cm³/mol. The van der Waals surface area contributed by atoms with Crippen molar-refractivity contribution >= 4 is 22.1 Å². The van der Waals surface area contributed by atoms with Crippen LogP contribution in [-0.2, 0) is 5.54 Å². The molecule has 1 aromatic heterocycles. The molecule has 0 atom stereocenters. The summed E-state index contributed by atoms with van der Waals surface area (Å²) in [4.78, 5) is 4.71. The minimum Gasteiger partial charge on any atom is -0.320 e. The number of aromatic nitrogens is 1. The molecule has 94 valence electrons. The third-order valence-electron chi connectivity index (χ3n) is 3.80. The molecule has 2 aromatic carbocycles. The first-order valence-corrected chi connectivity index (χ1v) is 7.37. The van der Waals surface area contributed by atoms with E-state index in [1.165, 1.54) is 16.3 Å². The van der Waals surface area contributed by atoms with Gasteiger partial charge < -0.3 is 5.73 Å². The molecule has 2 nitrogen and oxygen atoms in total. The molecule has 0 radical (unpaired) electrons. The third kappa shape index (κ3) is 1.86. The van der Waals surface area contributed by atoms with Crippen LogP contribution in [0.1, 0.15) is 18.5 Å². The van der Waals surface area contributed by atoms with Gasteiger partial charge in [-0.2, -0.15) is 0 Å². The monoisotopic (exact) mass is 266 g/mol. The molecule has 3 heteroatoms. The number of hydrogen-bond acceptors (Lipinski definition) is 3. The molecule has 1 saturated carbocycles. The van der Waals surface area contributed by atoms with Gasteiger partial charge in [-0.05, 0) is 29.7 Å². The standard InChI is InChI=1S/C16H14N2S/c17-16(7-8-16)14-10-19-15(18-14)13-6-5-11-3-1-2-4-12(11)9-13/h1-6,9-10H,7-8,17H2. The number of benzene rings is 2. The molecule has 3 aromatic rings. The highest BCUT2D eigenvalue weighted by molar-refractivity contribution is 7.13. The van der Waals surface area contributed by atoms with Gasteiger partial charge in [-0.25, -0.2) is 4.98 Å². The van der Waals surface area contributed by atoms with Crippen LogP contribution in [0.3, 0.4) is 0 Å². The first-order valence-electron chi connectivity index (χ1n) is 6.49. The fourth-order valence-electron chi connectivity index (χ4n) is 2.35. The molecular weight excluding hydrogens is 252 g/mol. The van der Waals surface area contributed by atoms with E-state index in [0.29, 0.717) is 0 Å². The highest BCUT2D eigenvalue weighted by Crippen LogP contribution is 2.43. The van der Waals surface area contributed by atoms with Gasteiger partial charge in [0.25, 0.3) is 0 Å². The normalized spacial score (nSPS) is 16.7. The Morgan fingerprint density at radius 2 is 1.84 bits per heavy atom. The topological polar surface area (TPSA) is 38.9 Å². The lowest BCUT2D eigenvalue weighted by molar-refractivity contribution is 0.715. The lowest BCUT2D eigenvalue weighted by atomic mass is 10.1. The fourth-order valence-corrected chi connectivity index (χ4v) is 3.27.